The summed E-state index contributed by atoms with van der Waals surface area (Å²) in [7, 11) is 0. The van der Waals surface area contributed by atoms with Crippen LogP contribution in [0.15, 0.2) is 67.1 Å². The van der Waals surface area contributed by atoms with Crippen molar-refractivity contribution in [3.63, 3.8) is 0 Å². The van der Waals surface area contributed by atoms with Crippen molar-refractivity contribution < 1.29 is 9.53 Å². The van der Waals surface area contributed by atoms with Crippen molar-refractivity contribution in [2.45, 2.75) is 26.9 Å². The molecule has 0 saturated heterocycles. The fourth-order valence-electron chi connectivity index (χ4n) is 4.37. The summed E-state index contributed by atoms with van der Waals surface area (Å²) in [6, 6.07) is 15.4. The maximum Gasteiger partial charge on any atom is 0.195 e. The zero-order valence-corrected chi connectivity index (χ0v) is 19.9. The van der Waals surface area contributed by atoms with Gasteiger partial charge in [0.1, 0.15) is 11.3 Å². The Morgan fingerprint density at radius 2 is 1.91 bits per heavy atom. The summed E-state index contributed by atoms with van der Waals surface area (Å²) < 4.78 is 9.71. The first-order chi connectivity index (χ1) is 16.6. The summed E-state index contributed by atoms with van der Waals surface area (Å²) in [5.74, 6) is 0.882. The molecule has 0 saturated carbocycles. The Morgan fingerprint density at radius 3 is 2.71 bits per heavy atom. The van der Waals surface area contributed by atoms with Crippen LogP contribution in [0.1, 0.15) is 34.2 Å². The summed E-state index contributed by atoms with van der Waals surface area (Å²) in [6.07, 6.45) is 5.44. The molecule has 7 heteroatoms. The molecule has 0 aliphatic heterocycles. The Kier molecular flexibility index (Phi) is 6.18. The van der Waals surface area contributed by atoms with Gasteiger partial charge in [-0.2, -0.15) is 0 Å². The molecule has 0 spiro atoms. The standard InChI is InChI=1S/C27H25ClN4O2/c1-3-34-14-13-31-17-21(26-22(28)5-4-6-25(26)31)27(33)20-9-7-19(8-10-20)16-32-18(2)30-23-15-29-12-11-24(23)32/h4-12,15,17H,3,13-14,16H2,1-2H3. The second-order valence-electron chi connectivity index (χ2n) is 8.20. The average Bonchev–Trinajstić information content (AvgIpc) is 3.38. The maximum atomic E-state index is 13.5. The van der Waals surface area contributed by atoms with Crippen molar-refractivity contribution in [1.82, 2.24) is 19.1 Å². The van der Waals surface area contributed by atoms with Crippen molar-refractivity contribution in [3.05, 3.63) is 94.7 Å². The molecule has 34 heavy (non-hydrogen) atoms. The molecule has 0 radical (unpaired) electrons. The monoisotopic (exact) mass is 472 g/mol. The largest absolute Gasteiger partial charge is 0.380 e. The SMILES string of the molecule is CCOCCn1cc(C(=O)c2ccc(Cn3c(C)nc4cnccc43)cc2)c2c(Cl)cccc21. The molecule has 0 atom stereocenters. The average molecular weight is 473 g/mol. The number of imidazole rings is 1. The lowest BCUT2D eigenvalue weighted by molar-refractivity contribution is 0.103. The quantitative estimate of drug-likeness (QED) is 0.216. The van der Waals surface area contributed by atoms with Gasteiger partial charge in [-0.3, -0.25) is 9.78 Å². The van der Waals surface area contributed by atoms with Gasteiger partial charge in [0, 0.05) is 48.6 Å². The van der Waals surface area contributed by atoms with Crippen LogP contribution in [0.25, 0.3) is 21.9 Å². The van der Waals surface area contributed by atoms with E-state index < -0.39 is 0 Å². The summed E-state index contributed by atoms with van der Waals surface area (Å²) in [5, 5.41) is 1.36. The van der Waals surface area contributed by atoms with Gasteiger partial charge in [0.05, 0.1) is 28.9 Å². The van der Waals surface area contributed by atoms with Crippen LogP contribution in [0.4, 0.5) is 0 Å². The molecule has 0 fully saturated rings. The molecule has 2 aromatic carbocycles. The predicted octanol–water partition coefficient (Wildman–Crippen LogP) is 5.66. The maximum absolute atomic E-state index is 13.5. The van der Waals surface area contributed by atoms with Gasteiger partial charge < -0.3 is 13.9 Å². The number of aryl methyl sites for hydroxylation is 1. The first kappa shape index (κ1) is 22.3. The number of aromatic nitrogens is 4. The number of benzene rings is 2. The molecule has 172 valence electrons. The highest BCUT2D eigenvalue weighted by atomic mass is 35.5. The molecule has 3 aromatic heterocycles. The first-order valence-corrected chi connectivity index (χ1v) is 11.7. The van der Waals surface area contributed by atoms with E-state index in [2.05, 4.69) is 14.5 Å². The van der Waals surface area contributed by atoms with E-state index in [9.17, 15) is 4.79 Å². The molecular weight excluding hydrogens is 448 g/mol. The van der Waals surface area contributed by atoms with Gasteiger partial charge in [0.25, 0.3) is 0 Å². The number of ether oxygens (including phenoxy) is 1. The van der Waals surface area contributed by atoms with Crippen LogP contribution in [0, 0.1) is 6.92 Å². The van der Waals surface area contributed by atoms with E-state index in [1.54, 1.807) is 12.4 Å². The van der Waals surface area contributed by atoms with Crippen LogP contribution in [0.5, 0.6) is 0 Å². The summed E-state index contributed by atoms with van der Waals surface area (Å²) in [4.78, 5) is 22.2. The highest BCUT2D eigenvalue weighted by Gasteiger charge is 2.19. The zero-order chi connectivity index (χ0) is 23.7. The van der Waals surface area contributed by atoms with E-state index >= 15 is 0 Å². The number of carbonyl (C=O) groups excluding carboxylic acids is 1. The highest BCUT2D eigenvalue weighted by Crippen LogP contribution is 2.30. The Bertz CT molecular complexity index is 1480. The van der Waals surface area contributed by atoms with Crippen LogP contribution in [-0.4, -0.2) is 38.1 Å². The molecule has 3 heterocycles. The molecule has 5 rings (SSSR count). The third-order valence-corrected chi connectivity index (χ3v) is 6.39. The van der Waals surface area contributed by atoms with Crippen LogP contribution in [0.2, 0.25) is 5.02 Å². The number of ketones is 1. The first-order valence-electron chi connectivity index (χ1n) is 11.3. The van der Waals surface area contributed by atoms with Crippen molar-refractivity contribution in [2.24, 2.45) is 0 Å². The number of halogens is 1. The minimum absolute atomic E-state index is 0.0462. The lowest BCUT2D eigenvalue weighted by atomic mass is 10.0. The summed E-state index contributed by atoms with van der Waals surface area (Å²) in [6.45, 7) is 6.52. The fraction of sp³-hybridized carbons (Fsp3) is 0.222. The molecule has 6 nitrogen and oxygen atoms in total. The Balaban J connectivity index is 1.44. The summed E-state index contributed by atoms with van der Waals surface area (Å²) >= 11 is 6.53. The lowest BCUT2D eigenvalue weighted by Crippen LogP contribution is -2.05. The van der Waals surface area contributed by atoms with Crippen LogP contribution < -0.4 is 0 Å². The van der Waals surface area contributed by atoms with Gasteiger partial charge >= 0.3 is 0 Å². The molecule has 0 unspecified atom stereocenters. The number of nitrogens with zero attached hydrogens (tertiary/aromatic N) is 4. The Morgan fingerprint density at radius 1 is 1.09 bits per heavy atom. The number of hydrogen-bond donors (Lipinski definition) is 0. The van der Waals surface area contributed by atoms with Crippen LogP contribution in [-0.2, 0) is 17.8 Å². The normalized spacial score (nSPS) is 11.5. The predicted molar refractivity (Wildman–Crippen MR) is 135 cm³/mol. The van der Waals surface area contributed by atoms with Gasteiger partial charge in [0.15, 0.2) is 5.78 Å². The number of rotatable bonds is 8. The van der Waals surface area contributed by atoms with E-state index in [1.165, 1.54) is 0 Å². The third-order valence-electron chi connectivity index (χ3n) is 6.08. The molecular formula is C27H25ClN4O2. The topological polar surface area (TPSA) is 61.9 Å². The van der Waals surface area contributed by atoms with E-state index in [1.807, 2.05) is 73.1 Å². The van der Waals surface area contributed by atoms with Gasteiger partial charge in [0.2, 0.25) is 0 Å². The number of hydrogen-bond acceptors (Lipinski definition) is 4. The fourth-order valence-corrected chi connectivity index (χ4v) is 4.65. The van der Waals surface area contributed by atoms with E-state index in [0.29, 0.717) is 42.5 Å². The van der Waals surface area contributed by atoms with Gasteiger partial charge in [-0.25, -0.2) is 4.98 Å². The number of pyridine rings is 1. The Labute approximate surface area is 202 Å². The molecule has 0 aliphatic carbocycles. The lowest BCUT2D eigenvalue weighted by Gasteiger charge is -2.08. The molecule has 0 aliphatic rings. The second-order valence-corrected chi connectivity index (χ2v) is 8.61. The van der Waals surface area contributed by atoms with E-state index in [0.717, 1.165) is 33.3 Å². The number of carbonyl (C=O) groups is 1. The van der Waals surface area contributed by atoms with Crippen molar-refractivity contribution in [3.8, 4) is 0 Å². The van der Waals surface area contributed by atoms with Crippen molar-refractivity contribution in [1.29, 1.82) is 0 Å². The number of fused-ring (bicyclic) bond motifs is 2. The van der Waals surface area contributed by atoms with E-state index in [4.69, 9.17) is 16.3 Å². The minimum Gasteiger partial charge on any atom is -0.380 e. The smallest absolute Gasteiger partial charge is 0.195 e. The zero-order valence-electron chi connectivity index (χ0n) is 19.2. The Hall–Kier alpha value is -3.48. The van der Waals surface area contributed by atoms with E-state index in [-0.39, 0.29) is 5.78 Å². The van der Waals surface area contributed by atoms with Crippen LogP contribution in [0.3, 0.4) is 0 Å². The molecule has 0 N–H and O–H groups in total. The van der Waals surface area contributed by atoms with Crippen molar-refractivity contribution in [2.75, 3.05) is 13.2 Å². The molecule has 5 aromatic rings. The van der Waals surface area contributed by atoms with Gasteiger partial charge in [-0.15, -0.1) is 0 Å². The highest BCUT2D eigenvalue weighted by molar-refractivity contribution is 6.37. The van der Waals surface area contributed by atoms with Gasteiger partial charge in [-0.1, -0.05) is 41.9 Å². The molecule has 0 bridgehead atoms. The van der Waals surface area contributed by atoms with Crippen molar-refractivity contribution >= 4 is 39.3 Å². The summed E-state index contributed by atoms with van der Waals surface area (Å²) in [5.41, 5.74) is 5.18. The van der Waals surface area contributed by atoms with Gasteiger partial charge in [-0.05, 0) is 37.6 Å². The second kappa shape index (κ2) is 9.41. The minimum atomic E-state index is -0.0462. The molecule has 0 amide bonds. The van der Waals surface area contributed by atoms with Crippen LogP contribution >= 0.6 is 11.6 Å². The third kappa shape index (κ3) is 4.11.